The molecule has 3 heteroatoms. The van der Waals surface area contributed by atoms with Crippen LogP contribution < -0.4 is 0 Å². The second-order valence-electron chi connectivity index (χ2n) is 35.4. The third-order valence-corrected chi connectivity index (χ3v) is 27.8. The van der Waals surface area contributed by atoms with E-state index in [-0.39, 0.29) is 0 Å². The van der Waals surface area contributed by atoms with Gasteiger partial charge >= 0.3 is 0 Å². The van der Waals surface area contributed by atoms with Crippen LogP contribution >= 0.6 is 0 Å². The summed E-state index contributed by atoms with van der Waals surface area (Å²) in [6.45, 7) is 0. The van der Waals surface area contributed by atoms with Crippen molar-refractivity contribution < 1.29 is 67.4 Å². The first-order chi connectivity index (χ1) is 89.0. The average molecular weight is 1900 g/mol. The molecule has 714 valence electrons. The first-order valence-electron chi connectivity index (χ1n) is 68.4. The maximum atomic E-state index is 6.69. The lowest BCUT2D eigenvalue weighted by Gasteiger charge is -2.17. The standard InChI is InChI=1S/C46H28O.C44H28O.C42H26O.7CH4.15H2/c1-2-12-29(13-3-1)45-38-18-8-10-20-40(38)46(41-21-11-9-19-39(41)45)32-23-25-37-36-24-22-31(27-43(36)47-44(37)28-32)42-26-30-14-4-5-15-33(30)34-16-6-7-17-35(34)42;1-3-12-29(13-4-1)31-16-11-17-32(26-31)33-22-24-35-36-25-23-34(28-42(36)45-41(35)27-33)44-39-20-9-7-18-37(39)43(30-14-5-2-6-15-30)38-19-8-10-21-40(38)44;1-2-12-28(13-3-1)41-35-16-6-8-18-37(35)42(38-19-9-7-17-36(38)41)30-22-24-34-33-23-21-29(25-39(33)43-40(34)26-30)32-20-10-14-27-11-4-5-15-31(27)32;;;;;;;;;;;;;;;;;;;;;;/h1-28H;1-28H;1-26H;7*1H4;15*1H/i;;;7*1D;15*1+1D. The molecule has 0 aliphatic carbocycles. The van der Waals surface area contributed by atoms with Crippen molar-refractivity contribution in [2.45, 2.75) is 51.8 Å². The summed E-state index contributed by atoms with van der Waals surface area (Å²) >= 11 is 0. The topological polar surface area (TPSA) is 39.4 Å². The summed E-state index contributed by atoms with van der Waals surface area (Å²) in [5.41, 5.74) is 29.7. The van der Waals surface area contributed by atoms with Crippen LogP contribution in [0.3, 0.4) is 0 Å². The molecule has 28 aromatic rings. The van der Waals surface area contributed by atoms with Crippen molar-refractivity contribution >= 4 is 163 Å². The van der Waals surface area contributed by atoms with E-state index in [0.717, 1.165) is 99.2 Å². The SMILES string of the molecule is [2H]C.[2H]C.[2H]C.[2H]C.[2H]C.[2H]C.[2H]C.[2H][2H].[2H][2H].[2H][2H].[2H][2H].[2H][2H].[2H][2H].[2H][2H].[2H][2H].[2H][2H].[2H][2H].[2H][2H].[2H][2H].[2H][2H].[2H][2H].[2H][2H].c1ccc(-c2c3ccccc3c(-c3ccc4c(c3)oc3cc(-c5cc6ccccc6c6ccccc56)ccc34)c3ccccc23)cc1.c1ccc(-c2c3ccccc3c(-c3ccc4c(c3)oc3cc(-c5cccc6ccccc56)ccc34)c3ccccc23)cc1.c1ccc(-c2cccc(-c3ccc4c(c3)oc3cc(-c5c6ccccc6c(-c6ccccc6)c6ccccc56)ccc34)c2)cc1. The van der Waals surface area contributed by atoms with Crippen LogP contribution in [-0.2, 0) is 0 Å². The second-order valence-corrected chi connectivity index (χ2v) is 35.4. The number of hydrogen-bond acceptors (Lipinski definition) is 3. The fourth-order valence-electron chi connectivity index (χ4n) is 21.7. The van der Waals surface area contributed by atoms with Crippen LogP contribution in [-0.4, -0.2) is 0 Å². The number of hydrogen-bond donors (Lipinski definition) is 0. The van der Waals surface area contributed by atoms with E-state index in [1.165, 1.54) is 227 Å². The van der Waals surface area contributed by atoms with E-state index >= 15 is 0 Å². The smallest absolute Gasteiger partial charge is 0.136 e. The Morgan fingerprint density at radius 2 is 0.338 bits per heavy atom. The highest BCUT2D eigenvalue weighted by Crippen LogP contribution is 2.51. The first-order valence-corrected chi connectivity index (χ1v) is 46.4. The lowest BCUT2D eigenvalue weighted by atomic mass is 9.86. The second kappa shape index (κ2) is 39.0. The van der Waals surface area contributed by atoms with Crippen molar-refractivity contribution in [3.63, 3.8) is 0 Å². The van der Waals surface area contributed by atoms with E-state index in [2.05, 4.69) is 497 Å². The first kappa shape index (κ1) is 70.0. The average Bonchev–Trinajstić information content (AvgIpc) is 1.70. The molecule has 3 nitrogen and oxygen atoms in total. The van der Waals surface area contributed by atoms with Crippen molar-refractivity contribution in [3.05, 3.63) is 497 Å². The summed E-state index contributed by atoms with van der Waals surface area (Å²) in [6, 6.07) is 179. The predicted octanol–water partition coefficient (Wildman–Crippen LogP) is 45.9. The van der Waals surface area contributed by atoms with Gasteiger partial charge in [0.25, 0.3) is 0 Å². The monoisotopic (exact) mass is 1890 g/mol. The Labute approximate surface area is 886 Å². The molecular formula is C139H140O3. The van der Waals surface area contributed by atoms with Gasteiger partial charge in [0.1, 0.15) is 33.5 Å². The van der Waals surface area contributed by atoms with Crippen molar-refractivity contribution in [2.24, 2.45) is 0 Å². The van der Waals surface area contributed by atoms with Gasteiger partial charge in [0.05, 0.1) is 0 Å². The van der Waals surface area contributed by atoms with Gasteiger partial charge in [-0.1, -0.05) is 464 Å². The van der Waals surface area contributed by atoms with E-state index in [1.54, 1.807) is 0 Å². The summed E-state index contributed by atoms with van der Waals surface area (Å²) < 4.78 is 210. The predicted molar refractivity (Wildman–Crippen MR) is 652 cm³/mol. The Morgan fingerprint density at radius 3 is 0.683 bits per heavy atom. The van der Waals surface area contributed by atoms with Crippen LogP contribution in [0.15, 0.2) is 511 Å². The summed E-state index contributed by atoms with van der Waals surface area (Å²) in [5, 5.41) is 29.3. The minimum Gasteiger partial charge on any atom is -0.456 e. The molecule has 0 aliphatic rings. The molecule has 0 N–H and O–H groups in total. The molecule has 0 radical (unpaired) electrons. The minimum absolute atomic E-state index is 0.901. The van der Waals surface area contributed by atoms with Gasteiger partial charge in [-0.25, -0.2) is 0 Å². The molecule has 142 heavy (non-hydrogen) atoms. The highest BCUT2D eigenvalue weighted by atomic mass is 16.3. The molecule has 0 atom stereocenters. The highest BCUT2D eigenvalue weighted by molar-refractivity contribution is 6.26. The summed E-state index contributed by atoms with van der Waals surface area (Å²) in [5.74, 6) is 0. The van der Waals surface area contributed by atoms with Crippen molar-refractivity contribution in [1.29, 1.82) is 0 Å². The lowest BCUT2D eigenvalue weighted by Crippen LogP contribution is -1.90. The summed E-state index contributed by atoms with van der Waals surface area (Å²) in [6.07, 6.45) is 0. The van der Waals surface area contributed by atoms with Crippen LogP contribution in [0.2, 0.25) is 0 Å². The third kappa shape index (κ3) is 16.0. The van der Waals surface area contributed by atoms with Gasteiger partial charge in [-0.15, -0.1) is 0 Å². The Hall–Kier alpha value is -17.8. The van der Waals surface area contributed by atoms with Gasteiger partial charge in [-0.2, -0.15) is 0 Å². The maximum absolute atomic E-state index is 6.69. The lowest BCUT2D eigenvalue weighted by molar-refractivity contribution is 0.669. The Kier molecular flexibility index (Phi) is 19.2. The van der Waals surface area contributed by atoms with Crippen LogP contribution in [0.25, 0.3) is 274 Å². The third-order valence-electron chi connectivity index (χ3n) is 27.8. The van der Waals surface area contributed by atoms with E-state index in [4.69, 9.17) is 67.4 Å². The Bertz CT molecular complexity index is 9570. The zero-order chi connectivity index (χ0) is 133. The molecule has 3 aromatic heterocycles. The molecule has 0 bridgehead atoms. The van der Waals surface area contributed by atoms with Crippen LogP contribution in [0.4, 0.5) is 0 Å². The molecule has 25 aromatic carbocycles. The van der Waals surface area contributed by atoms with Crippen LogP contribution in [0, 0.1) is 0 Å². The molecule has 0 saturated carbocycles. The number of rotatable bonds is 10. The molecule has 0 aliphatic heterocycles. The van der Waals surface area contributed by atoms with E-state index in [1.807, 2.05) is 0 Å². The van der Waals surface area contributed by atoms with Gasteiger partial charge in [0.2, 0.25) is 0 Å². The Balaban J connectivity index is 0.000000480. The molecule has 0 unspecified atom stereocenters. The van der Waals surface area contributed by atoms with Gasteiger partial charge in [0.15, 0.2) is 0 Å². The zero-order valence-electron chi connectivity index (χ0n) is 118. The molecule has 0 fully saturated rings. The quantitative estimate of drug-likeness (QED) is 0.101. The minimum atomic E-state index is 0.901. The van der Waals surface area contributed by atoms with Gasteiger partial charge in [-0.3, -0.25) is 0 Å². The van der Waals surface area contributed by atoms with E-state index < -0.39 is 0 Å². The molecule has 0 spiro atoms. The van der Waals surface area contributed by atoms with Crippen molar-refractivity contribution in [2.75, 3.05) is 0 Å². The summed E-state index contributed by atoms with van der Waals surface area (Å²) in [7, 11) is 8.75. The van der Waals surface area contributed by atoms with Crippen LogP contribution in [0.5, 0.6) is 0 Å². The highest BCUT2D eigenvalue weighted by Gasteiger charge is 2.25. The zero-order valence-corrected chi connectivity index (χ0v) is 80.6. The molecule has 0 saturated heterocycles. The van der Waals surface area contributed by atoms with Gasteiger partial charge < -0.3 is 13.3 Å². The molecular weight excluding hydrogens is 1720 g/mol. The van der Waals surface area contributed by atoms with Gasteiger partial charge in [-0.05, 0) is 293 Å². The normalized spacial score (nSPS) is 12.3. The van der Waals surface area contributed by atoms with Crippen molar-refractivity contribution in [1.82, 2.24) is 0 Å². The van der Waals surface area contributed by atoms with E-state index in [9.17, 15) is 0 Å². The number of fused-ring (bicyclic) bond motifs is 19. The number of benzene rings is 25. The van der Waals surface area contributed by atoms with E-state index in [0.29, 0.717) is 0 Å². The Morgan fingerprint density at radius 1 is 0.127 bits per heavy atom. The van der Waals surface area contributed by atoms with Crippen molar-refractivity contribution in [3.8, 4) is 111 Å². The number of furan rings is 3. The fraction of sp³-hybridized carbons (Fsp3) is 0.0504. The van der Waals surface area contributed by atoms with Gasteiger partial charge in [0, 0.05) is 86.5 Å². The molecule has 3 heterocycles. The maximum Gasteiger partial charge on any atom is 0.136 e. The molecule has 0 amide bonds. The molecule has 28 rings (SSSR count). The summed E-state index contributed by atoms with van der Waals surface area (Å²) in [4.78, 5) is 0. The fourth-order valence-corrected chi connectivity index (χ4v) is 21.7. The van der Waals surface area contributed by atoms with Crippen LogP contribution in [0.1, 0.15) is 106 Å². The largest absolute Gasteiger partial charge is 0.456 e.